The summed E-state index contributed by atoms with van der Waals surface area (Å²) in [4.78, 5) is 0. The third-order valence-corrected chi connectivity index (χ3v) is 5.43. The average molecular weight is 386 g/mol. The summed E-state index contributed by atoms with van der Waals surface area (Å²) in [7, 11) is 0. The Morgan fingerprint density at radius 3 is 2.11 bits per heavy atom. The predicted molar refractivity (Wildman–Crippen MR) is 101 cm³/mol. The van der Waals surface area contributed by atoms with E-state index in [0.29, 0.717) is 13.0 Å². The van der Waals surface area contributed by atoms with E-state index >= 15 is 0 Å². The molecule has 2 aliphatic heterocycles. The summed E-state index contributed by atoms with van der Waals surface area (Å²) in [5.41, 5.74) is 0.729. The maximum atomic E-state index is 10.5. The topological polar surface area (TPSA) is 77.4 Å². The molecule has 0 saturated carbocycles. The van der Waals surface area contributed by atoms with Gasteiger partial charge < -0.3 is 29.2 Å². The van der Waals surface area contributed by atoms with E-state index in [9.17, 15) is 10.2 Å². The minimum Gasteiger partial charge on any atom is -0.394 e. The Hall–Kier alpha value is -1.80. The van der Waals surface area contributed by atoms with Crippen LogP contribution in [0.4, 0.5) is 0 Å². The van der Waals surface area contributed by atoms with Crippen LogP contribution in [0.25, 0.3) is 0 Å². The van der Waals surface area contributed by atoms with Crippen LogP contribution in [0.2, 0.25) is 0 Å². The van der Waals surface area contributed by atoms with Crippen molar-refractivity contribution in [3.63, 3.8) is 0 Å². The maximum Gasteiger partial charge on any atom is 0.185 e. The van der Waals surface area contributed by atoms with Crippen LogP contribution in [0.5, 0.6) is 0 Å². The zero-order chi connectivity index (χ0) is 19.6. The summed E-state index contributed by atoms with van der Waals surface area (Å²) >= 11 is 0. The Labute approximate surface area is 164 Å². The molecule has 6 atom stereocenters. The van der Waals surface area contributed by atoms with Gasteiger partial charge in [-0.25, -0.2) is 0 Å². The molecule has 6 nitrogen and oxygen atoms in total. The van der Waals surface area contributed by atoms with Crippen LogP contribution in [0.15, 0.2) is 60.7 Å². The molecule has 6 heteroatoms. The zero-order valence-electron chi connectivity index (χ0n) is 15.8. The maximum absolute atomic E-state index is 10.5. The van der Waals surface area contributed by atoms with E-state index in [-0.39, 0.29) is 12.2 Å². The zero-order valence-corrected chi connectivity index (χ0v) is 15.8. The first-order valence-corrected chi connectivity index (χ1v) is 9.58. The second-order valence-electron chi connectivity index (χ2n) is 7.50. The minimum absolute atomic E-state index is 0.348. The number of ether oxygens (including phenoxy) is 4. The van der Waals surface area contributed by atoms with Crippen molar-refractivity contribution in [2.75, 3.05) is 13.2 Å². The highest BCUT2D eigenvalue weighted by atomic mass is 16.7. The molecular weight excluding hydrogens is 360 g/mol. The number of fused-ring (bicyclic) bond motifs is 1. The monoisotopic (exact) mass is 386 g/mol. The lowest BCUT2D eigenvalue weighted by molar-refractivity contribution is -0.283. The smallest absolute Gasteiger partial charge is 0.185 e. The Kier molecular flexibility index (Phi) is 5.78. The average Bonchev–Trinajstić information content (AvgIpc) is 2.90. The second-order valence-corrected chi connectivity index (χ2v) is 7.50. The van der Waals surface area contributed by atoms with Gasteiger partial charge in [0.25, 0.3) is 0 Å². The molecule has 0 spiro atoms. The van der Waals surface area contributed by atoms with Crippen LogP contribution in [-0.4, -0.2) is 47.3 Å². The number of benzene rings is 2. The molecule has 4 rings (SSSR count). The molecule has 2 unspecified atom stereocenters. The van der Waals surface area contributed by atoms with Gasteiger partial charge in [0.05, 0.1) is 24.9 Å². The van der Waals surface area contributed by atoms with Gasteiger partial charge in [0, 0.05) is 17.5 Å². The summed E-state index contributed by atoms with van der Waals surface area (Å²) in [5.74, 6) is 0. The van der Waals surface area contributed by atoms with Crippen LogP contribution in [-0.2, 0) is 18.9 Å². The Balaban J connectivity index is 1.61. The van der Waals surface area contributed by atoms with Crippen LogP contribution >= 0.6 is 0 Å². The Morgan fingerprint density at radius 1 is 0.929 bits per heavy atom. The fourth-order valence-corrected chi connectivity index (χ4v) is 3.71. The predicted octanol–water partition coefficient (Wildman–Crippen LogP) is 2.72. The lowest BCUT2D eigenvalue weighted by Crippen LogP contribution is -2.49. The van der Waals surface area contributed by atoms with E-state index in [0.717, 1.165) is 11.1 Å². The lowest BCUT2D eigenvalue weighted by atomic mass is 9.90. The van der Waals surface area contributed by atoms with Gasteiger partial charge in [-0.1, -0.05) is 60.7 Å². The van der Waals surface area contributed by atoms with Gasteiger partial charge in [0.2, 0.25) is 0 Å². The first-order chi connectivity index (χ1) is 13.6. The fourth-order valence-electron chi connectivity index (χ4n) is 3.71. The first kappa shape index (κ1) is 19.5. The summed E-state index contributed by atoms with van der Waals surface area (Å²) in [5, 5.41) is 20.1. The van der Waals surface area contributed by atoms with E-state index < -0.39 is 30.9 Å². The quantitative estimate of drug-likeness (QED) is 0.841. The van der Waals surface area contributed by atoms with Gasteiger partial charge in [-0.15, -0.1) is 0 Å². The SMILES string of the molecule is C[C@@]1([C@H](O)CO)C[C@@H]2OC(c3ccccc3)OC[C@@H]2OC(c2ccccc2)O1. The van der Waals surface area contributed by atoms with Crippen molar-refractivity contribution in [1.29, 1.82) is 0 Å². The fraction of sp³-hybridized carbons (Fsp3) is 0.455. The number of hydrogen-bond acceptors (Lipinski definition) is 6. The normalized spacial score (nSPS) is 34.2. The summed E-state index contributed by atoms with van der Waals surface area (Å²) in [6.07, 6.45) is -2.59. The van der Waals surface area contributed by atoms with Crippen molar-refractivity contribution < 1.29 is 29.2 Å². The molecule has 0 aromatic heterocycles. The number of hydrogen-bond donors (Lipinski definition) is 2. The molecule has 2 aromatic carbocycles. The molecule has 0 aliphatic carbocycles. The Morgan fingerprint density at radius 2 is 1.50 bits per heavy atom. The van der Waals surface area contributed by atoms with Gasteiger partial charge in [0.1, 0.15) is 12.2 Å². The highest BCUT2D eigenvalue weighted by Crippen LogP contribution is 2.41. The van der Waals surface area contributed by atoms with Gasteiger partial charge in [-0.3, -0.25) is 0 Å². The third kappa shape index (κ3) is 3.98. The van der Waals surface area contributed by atoms with Crippen LogP contribution in [0.3, 0.4) is 0 Å². The second kappa shape index (κ2) is 8.29. The summed E-state index contributed by atoms with van der Waals surface area (Å²) < 4.78 is 24.5. The minimum atomic E-state index is -1.07. The van der Waals surface area contributed by atoms with E-state index in [1.54, 1.807) is 6.92 Å². The highest BCUT2D eigenvalue weighted by Gasteiger charge is 2.48. The molecule has 0 amide bonds. The van der Waals surface area contributed by atoms with Crippen molar-refractivity contribution in [3.05, 3.63) is 71.8 Å². The molecule has 2 aliphatic rings. The molecule has 2 heterocycles. The van der Waals surface area contributed by atoms with Crippen molar-refractivity contribution >= 4 is 0 Å². The summed E-state index contributed by atoms with van der Waals surface area (Å²) in [6.45, 7) is 1.72. The molecule has 0 bridgehead atoms. The summed E-state index contributed by atoms with van der Waals surface area (Å²) in [6, 6.07) is 19.3. The van der Waals surface area contributed by atoms with Gasteiger partial charge in [-0.2, -0.15) is 0 Å². The van der Waals surface area contributed by atoms with Crippen LogP contribution in [0.1, 0.15) is 37.1 Å². The molecule has 2 N–H and O–H groups in total. The van der Waals surface area contributed by atoms with E-state index in [1.165, 1.54) is 0 Å². The third-order valence-electron chi connectivity index (χ3n) is 5.43. The molecular formula is C22H26O6. The van der Waals surface area contributed by atoms with E-state index in [4.69, 9.17) is 18.9 Å². The van der Waals surface area contributed by atoms with Crippen molar-refractivity contribution in [1.82, 2.24) is 0 Å². The van der Waals surface area contributed by atoms with E-state index in [1.807, 2.05) is 60.7 Å². The molecule has 2 saturated heterocycles. The van der Waals surface area contributed by atoms with Crippen LogP contribution in [0, 0.1) is 0 Å². The van der Waals surface area contributed by atoms with Crippen LogP contribution < -0.4 is 0 Å². The van der Waals surface area contributed by atoms with Gasteiger partial charge in [0.15, 0.2) is 12.6 Å². The Bertz CT molecular complexity index is 754. The standard InChI is InChI=1S/C22H26O6/c1-22(19(24)13-23)12-17-18(27-21(28-22)16-10-6-3-7-11-16)14-25-20(26-17)15-8-4-2-5-9-15/h2-11,17-21,23-24H,12-14H2,1H3/t17-,18-,19+,20?,21?,22-/m0/s1. The number of aliphatic hydroxyl groups is 2. The highest BCUT2D eigenvalue weighted by molar-refractivity contribution is 5.18. The van der Waals surface area contributed by atoms with Gasteiger partial charge in [-0.05, 0) is 6.92 Å². The number of rotatable bonds is 4. The van der Waals surface area contributed by atoms with Crippen molar-refractivity contribution in [3.8, 4) is 0 Å². The molecule has 150 valence electrons. The first-order valence-electron chi connectivity index (χ1n) is 9.58. The largest absolute Gasteiger partial charge is 0.394 e. The number of aliphatic hydroxyl groups excluding tert-OH is 2. The van der Waals surface area contributed by atoms with Crippen molar-refractivity contribution in [2.24, 2.45) is 0 Å². The van der Waals surface area contributed by atoms with Crippen molar-refractivity contribution in [2.45, 2.75) is 49.8 Å². The van der Waals surface area contributed by atoms with E-state index in [2.05, 4.69) is 0 Å². The molecule has 0 radical (unpaired) electrons. The lowest BCUT2D eigenvalue weighted by Gasteiger charge is -2.38. The molecule has 2 fully saturated rings. The molecule has 28 heavy (non-hydrogen) atoms. The molecule has 2 aromatic rings. The van der Waals surface area contributed by atoms with Gasteiger partial charge >= 0.3 is 0 Å².